The molecule has 0 fully saturated rings. The summed E-state index contributed by atoms with van der Waals surface area (Å²) in [6.07, 6.45) is 1.81. The highest BCUT2D eigenvalue weighted by atomic mass is 32.1. The van der Waals surface area contributed by atoms with E-state index < -0.39 is 0 Å². The minimum absolute atomic E-state index is 1.58. The van der Waals surface area contributed by atoms with Gasteiger partial charge in [0, 0.05) is 0 Å². The van der Waals surface area contributed by atoms with E-state index in [9.17, 15) is 0 Å². The van der Waals surface area contributed by atoms with Gasteiger partial charge >= 0.3 is 0 Å². The molecule has 4 heavy (non-hydrogen) atoms. The summed E-state index contributed by atoms with van der Waals surface area (Å²) in [5.74, 6) is 0. The molecule has 0 spiro atoms. The molecule has 0 heterocycles. The first-order chi connectivity index (χ1) is 1.91. The van der Waals surface area contributed by atoms with Gasteiger partial charge in [-0.25, -0.2) is 0 Å². The molecule has 0 saturated heterocycles. The number of hydrogen-bond acceptors (Lipinski definition) is 0. The third-order valence-corrected chi connectivity index (χ3v) is 0.408. The maximum Gasteiger partial charge on any atom is -0.00293 e. The third-order valence-electron chi connectivity index (χ3n) is 0.136. The minimum Gasteiger partial charge on any atom is -0.0891 e. The van der Waals surface area contributed by atoms with Crippen molar-refractivity contribution in [1.82, 2.24) is 0 Å². The Labute approximate surface area is 31.9 Å². The maximum atomic E-state index is 4.37. The van der Waals surface area contributed by atoms with Gasteiger partial charge in [-0.3, -0.25) is 0 Å². The first kappa shape index (κ1) is 3.96. The minimum atomic E-state index is 1.58. The number of hydrogen-bond donors (Lipinski definition) is 0. The van der Waals surface area contributed by atoms with Crippen molar-refractivity contribution in [3.05, 3.63) is 11.5 Å². The predicted molar refractivity (Wildman–Crippen MR) is 22.4 cm³/mol. The molecule has 0 amide bonds. The van der Waals surface area contributed by atoms with Crippen molar-refractivity contribution in [1.29, 1.82) is 0 Å². The van der Waals surface area contributed by atoms with Gasteiger partial charge in [-0.05, 0) is 12.3 Å². The summed E-state index contributed by atoms with van der Waals surface area (Å²) in [6, 6.07) is 0. The molecule has 0 aliphatic heterocycles. The zero-order chi connectivity index (χ0) is 3.41. The van der Waals surface area contributed by atoms with Crippen molar-refractivity contribution in [2.75, 3.05) is 0 Å². The fraction of sp³-hybridized carbons (Fsp3) is 0.333. The van der Waals surface area contributed by atoms with Crippen molar-refractivity contribution in [3.63, 3.8) is 0 Å². The fourth-order valence-corrected chi connectivity index (χ4v) is 0. The van der Waals surface area contributed by atoms with E-state index in [1.165, 1.54) is 0 Å². The Kier molecular flexibility index (Phi) is 2.93. The van der Waals surface area contributed by atoms with Gasteiger partial charge in [0.05, 0.1) is 0 Å². The van der Waals surface area contributed by atoms with Crippen molar-refractivity contribution in [2.45, 2.75) is 6.92 Å². The van der Waals surface area contributed by atoms with E-state index in [1.807, 2.05) is 13.0 Å². The van der Waals surface area contributed by atoms with E-state index in [0.29, 0.717) is 0 Å². The molecule has 0 aromatic carbocycles. The second-order valence-corrected chi connectivity index (χ2v) is 0.742. The first-order valence-electron chi connectivity index (χ1n) is 1.15. The molecule has 0 rings (SSSR count). The second kappa shape index (κ2) is 2.96. The zero-order valence-corrected chi connectivity index (χ0v) is 3.38. The van der Waals surface area contributed by atoms with Crippen LogP contribution in [0, 0.1) is 0 Å². The molecule has 0 nitrogen and oxygen atoms in total. The van der Waals surface area contributed by atoms with Gasteiger partial charge in [-0.15, -0.1) is 0 Å². The second-order valence-electron chi connectivity index (χ2n) is 0.469. The summed E-state index contributed by atoms with van der Waals surface area (Å²) in [7, 11) is 0. The quantitative estimate of drug-likeness (QED) is 0.409. The topological polar surface area (TPSA) is 0 Å². The Hall–Kier alpha value is -0.0400. The molecule has 0 atom stereocenters. The summed E-state index contributed by atoms with van der Waals surface area (Å²) in [5, 5.41) is 1.58. The Morgan fingerprint density at radius 3 is 2.00 bits per heavy atom. The van der Waals surface area contributed by atoms with E-state index in [1.54, 1.807) is 5.41 Å². The van der Waals surface area contributed by atoms with Gasteiger partial charge in [0.2, 0.25) is 0 Å². The van der Waals surface area contributed by atoms with Gasteiger partial charge in [0.25, 0.3) is 0 Å². The Balaban J connectivity index is 2.55. The molecular weight excluding hydrogens is 68.1 g/mol. The van der Waals surface area contributed by atoms with Crippen LogP contribution in [0.5, 0.6) is 0 Å². The molecule has 0 unspecified atom stereocenters. The van der Waals surface area contributed by atoms with Crippen molar-refractivity contribution >= 4 is 12.6 Å². The van der Waals surface area contributed by atoms with Crippen LogP contribution in [0.4, 0.5) is 0 Å². The fourth-order valence-electron chi connectivity index (χ4n) is 0. The standard InChI is InChI=1S/C3H5S/c1-2-3-4/h2-3H,1H3/b3-2-. The zero-order valence-electron chi connectivity index (χ0n) is 2.56. The SMILES string of the molecule is C/C=C\[S]. The molecule has 1 heteroatoms. The highest BCUT2D eigenvalue weighted by Gasteiger charge is 1.37. The summed E-state index contributed by atoms with van der Waals surface area (Å²) in [5.41, 5.74) is 0. The van der Waals surface area contributed by atoms with Crippen LogP contribution in [0.3, 0.4) is 0 Å². The van der Waals surface area contributed by atoms with Gasteiger partial charge in [0.1, 0.15) is 0 Å². The summed E-state index contributed by atoms with van der Waals surface area (Å²) < 4.78 is 0. The van der Waals surface area contributed by atoms with Crippen LogP contribution >= 0.6 is 12.6 Å². The molecule has 0 saturated carbocycles. The highest BCUT2D eigenvalue weighted by molar-refractivity contribution is 7.83. The van der Waals surface area contributed by atoms with E-state index >= 15 is 0 Å². The lowest BCUT2D eigenvalue weighted by molar-refractivity contribution is 1.79. The lowest BCUT2D eigenvalue weighted by Gasteiger charge is -1.46. The summed E-state index contributed by atoms with van der Waals surface area (Å²) in [6.45, 7) is 1.90. The largest absolute Gasteiger partial charge is 0.0891 e. The van der Waals surface area contributed by atoms with Gasteiger partial charge in [-0.2, -0.15) is 0 Å². The number of rotatable bonds is 0. The van der Waals surface area contributed by atoms with Crippen LogP contribution in [0.2, 0.25) is 0 Å². The van der Waals surface area contributed by atoms with E-state index in [4.69, 9.17) is 0 Å². The summed E-state index contributed by atoms with van der Waals surface area (Å²) in [4.78, 5) is 0. The molecule has 0 bridgehead atoms. The third kappa shape index (κ3) is 1.96. The normalized spacial score (nSPS) is 9.25. The molecule has 23 valence electrons. The van der Waals surface area contributed by atoms with E-state index in [-0.39, 0.29) is 0 Å². The van der Waals surface area contributed by atoms with Crippen molar-refractivity contribution in [2.24, 2.45) is 0 Å². The van der Waals surface area contributed by atoms with Crippen LogP contribution < -0.4 is 0 Å². The Bertz CT molecular complexity index is 18.5. The predicted octanol–water partition coefficient (Wildman–Crippen LogP) is 1.72. The highest BCUT2D eigenvalue weighted by Crippen LogP contribution is 1.69. The average molecular weight is 73.1 g/mol. The molecule has 0 aliphatic carbocycles. The first-order valence-corrected chi connectivity index (χ1v) is 1.62. The van der Waals surface area contributed by atoms with Crippen LogP contribution in [0.25, 0.3) is 0 Å². The molecule has 0 N–H and O–H groups in total. The molecular formula is C3H5S. The Morgan fingerprint density at radius 2 is 2.00 bits per heavy atom. The van der Waals surface area contributed by atoms with Gasteiger partial charge in [0.15, 0.2) is 0 Å². The molecule has 0 aromatic rings. The van der Waals surface area contributed by atoms with Crippen LogP contribution in [0.1, 0.15) is 6.92 Å². The van der Waals surface area contributed by atoms with Gasteiger partial charge < -0.3 is 0 Å². The smallest absolute Gasteiger partial charge is 0.00293 e. The molecule has 1 radical (unpaired) electrons. The van der Waals surface area contributed by atoms with Crippen LogP contribution in [-0.2, 0) is 0 Å². The molecule has 0 aliphatic rings. The number of allylic oxidation sites excluding steroid dienone is 1. The van der Waals surface area contributed by atoms with Crippen LogP contribution in [0.15, 0.2) is 11.5 Å². The van der Waals surface area contributed by atoms with Crippen molar-refractivity contribution < 1.29 is 0 Å². The monoisotopic (exact) mass is 73.0 g/mol. The van der Waals surface area contributed by atoms with Crippen molar-refractivity contribution in [3.8, 4) is 0 Å². The summed E-state index contributed by atoms with van der Waals surface area (Å²) >= 11 is 4.37. The lowest BCUT2D eigenvalue weighted by Crippen LogP contribution is -1.20. The van der Waals surface area contributed by atoms with Crippen LogP contribution in [-0.4, -0.2) is 0 Å². The molecule has 0 aromatic heterocycles. The van der Waals surface area contributed by atoms with E-state index in [0.717, 1.165) is 0 Å². The lowest BCUT2D eigenvalue weighted by atomic mass is 10.8. The Morgan fingerprint density at radius 1 is 1.75 bits per heavy atom. The average Bonchev–Trinajstić information content (AvgIpc) is 1.37. The van der Waals surface area contributed by atoms with E-state index in [2.05, 4.69) is 12.6 Å². The van der Waals surface area contributed by atoms with Gasteiger partial charge in [-0.1, -0.05) is 18.7 Å². The maximum absolute atomic E-state index is 4.37.